The van der Waals surface area contributed by atoms with Gasteiger partial charge in [-0.15, -0.1) is 0 Å². The van der Waals surface area contributed by atoms with E-state index in [0.29, 0.717) is 18.8 Å². The van der Waals surface area contributed by atoms with Crippen molar-refractivity contribution in [1.29, 1.82) is 0 Å². The molecule has 0 spiro atoms. The average molecular weight is 278 g/mol. The van der Waals surface area contributed by atoms with Crippen LogP contribution >= 0.6 is 0 Å². The third-order valence-electron chi connectivity index (χ3n) is 3.35. The third-order valence-corrected chi connectivity index (χ3v) is 3.35. The van der Waals surface area contributed by atoms with Crippen LogP contribution in [-0.4, -0.2) is 44.8 Å². The second-order valence-corrected chi connectivity index (χ2v) is 4.81. The molecule has 1 atom stereocenters. The molecule has 2 N–H and O–H groups in total. The number of hydrogen-bond donors (Lipinski definition) is 2. The summed E-state index contributed by atoms with van der Waals surface area (Å²) in [5, 5.41) is 19.3. The van der Waals surface area contributed by atoms with Gasteiger partial charge in [0.15, 0.2) is 0 Å². The fourth-order valence-electron chi connectivity index (χ4n) is 2.38. The molecular weight excluding hydrogens is 260 g/mol. The Labute approximate surface area is 117 Å². The van der Waals surface area contributed by atoms with Crippen LogP contribution in [0, 0.1) is 0 Å². The van der Waals surface area contributed by atoms with Crippen LogP contribution in [0.3, 0.4) is 0 Å². The molecule has 0 radical (unpaired) electrons. The first-order valence-electron chi connectivity index (χ1n) is 6.69. The second kappa shape index (κ2) is 6.83. The van der Waals surface area contributed by atoms with E-state index in [2.05, 4.69) is 15.5 Å². The quantitative estimate of drug-likeness (QED) is 0.857. The SMILES string of the molecule is O=C(O)CC1CCCCN1C(=O)NCc1cccnn1. The molecule has 0 saturated carbocycles. The van der Waals surface area contributed by atoms with Crippen LogP contribution in [0.1, 0.15) is 31.4 Å². The minimum absolute atomic E-state index is 0.00143. The van der Waals surface area contributed by atoms with Crippen LogP contribution in [-0.2, 0) is 11.3 Å². The second-order valence-electron chi connectivity index (χ2n) is 4.81. The third kappa shape index (κ3) is 3.91. The Bertz CT molecular complexity index is 466. The number of urea groups is 1. The van der Waals surface area contributed by atoms with E-state index in [1.165, 1.54) is 0 Å². The Kier molecular flexibility index (Phi) is 4.86. The molecular formula is C13H18N4O3. The molecule has 2 heterocycles. The summed E-state index contributed by atoms with van der Waals surface area (Å²) in [6.45, 7) is 0.896. The minimum Gasteiger partial charge on any atom is -0.481 e. The van der Waals surface area contributed by atoms with Crippen LogP contribution in [0.15, 0.2) is 18.3 Å². The molecule has 108 valence electrons. The number of carbonyl (C=O) groups excluding carboxylic acids is 1. The van der Waals surface area contributed by atoms with E-state index < -0.39 is 5.97 Å². The molecule has 20 heavy (non-hydrogen) atoms. The van der Waals surface area contributed by atoms with Gasteiger partial charge >= 0.3 is 12.0 Å². The fraction of sp³-hybridized carbons (Fsp3) is 0.538. The molecule has 0 aromatic carbocycles. The molecule has 1 aliphatic rings. The Morgan fingerprint density at radius 3 is 3.00 bits per heavy atom. The Balaban J connectivity index is 1.90. The standard InChI is InChI=1S/C13H18N4O3/c18-12(19)8-11-5-1-2-7-17(11)13(20)14-9-10-4-3-6-15-16-10/h3-4,6,11H,1-2,5,7-9H2,(H,14,20)(H,18,19). The summed E-state index contributed by atoms with van der Waals surface area (Å²) in [4.78, 5) is 24.6. The highest BCUT2D eigenvalue weighted by molar-refractivity contribution is 5.76. The fourth-order valence-corrected chi connectivity index (χ4v) is 2.38. The largest absolute Gasteiger partial charge is 0.481 e. The molecule has 1 saturated heterocycles. The summed E-state index contributed by atoms with van der Waals surface area (Å²) in [5.74, 6) is -0.872. The van der Waals surface area contributed by atoms with Gasteiger partial charge in [0.1, 0.15) is 0 Å². The van der Waals surface area contributed by atoms with Crippen molar-refractivity contribution in [3.8, 4) is 0 Å². The van der Waals surface area contributed by atoms with Gasteiger partial charge in [0.05, 0.1) is 18.7 Å². The predicted octanol–water partition coefficient (Wildman–Crippen LogP) is 1.02. The average Bonchev–Trinajstić information content (AvgIpc) is 2.46. The molecule has 0 bridgehead atoms. The lowest BCUT2D eigenvalue weighted by molar-refractivity contribution is -0.138. The van der Waals surface area contributed by atoms with Crippen molar-refractivity contribution in [1.82, 2.24) is 20.4 Å². The van der Waals surface area contributed by atoms with E-state index >= 15 is 0 Å². The summed E-state index contributed by atoms with van der Waals surface area (Å²) in [6.07, 6.45) is 4.18. The van der Waals surface area contributed by atoms with Gasteiger partial charge < -0.3 is 15.3 Å². The van der Waals surface area contributed by atoms with Crippen LogP contribution in [0.5, 0.6) is 0 Å². The van der Waals surface area contributed by atoms with Gasteiger partial charge in [-0.2, -0.15) is 10.2 Å². The number of piperidine rings is 1. The number of aromatic nitrogens is 2. The molecule has 7 nitrogen and oxygen atoms in total. The van der Waals surface area contributed by atoms with Crippen LogP contribution in [0.25, 0.3) is 0 Å². The van der Waals surface area contributed by atoms with E-state index in [0.717, 1.165) is 19.3 Å². The summed E-state index contributed by atoms with van der Waals surface area (Å²) in [6, 6.07) is 3.07. The summed E-state index contributed by atoms with van der Waals surface area (Å²) >= 11 is 0. The maximum Gasteiger partial charge on any atom is 0.317 e. The number of carboxylic acid groups (broad SMARTS) is 1. The van der Waals surface area contributed by atoms with Crippen LogP contribution in [0.2, 0.25) is 0 Å². The van der Waals surface area contributed by atoms with Gasteiger partial charge in [-0.1, -0.05) is 0 Å². The number of likely N-dealkylation sites (tertiary alicyclic amines) is 1. The smallest absolute Gasteiger partial charge is 0.317 e. The molecule has 1 aromatic rings. The Morgan fingerprint density at radius 1 is 1.45 bits per heavy atom. The molecule has 1 fully saturated rings. The predicted molar refractivity (Wildman–Crippen MR) is 70.9 cm³/mol. The molecule has 1 aliphatic heterocycles. The number of amides is 2. The highest BCUT2D eigenvalue weighted by Crippen LogP contribution is 2.19. The van der Waals surface area contributed by atoms with Crippen LogP contribution < -0.4 is 5.32 Å². The van der Waals surface area contributed by atoms with Gasteiger partial charge in [0, 0.05) is 18.8 Å². The molecule has 1 aromatic heterocycles. The highest BCUT2D eigenvalue weighted by atomic mass is 16.4. The Morgan fingerprint density at radius 2 is 2.30 bits per heavy atom. The summed E-state index contributed by atoms with van der Waals surface area (Å²) < 4.78 is 0. The molecule has 0 aliphatic carbocycles. The first kappa shape index (κ1) is 14.2. The maximum absolute atomic E-state index is 12.1. The maximum atomic E-state index is 12.1. The first-order chi connectivity index (χ1) is 9.66. The van der Waals surface area contributed by atoms with Crippen molar-refractivity contribution in [3.63, 3.8) is 0 Å². The zero-order chi connectivity index (χ0) is 14.4. The lowest BCUT2D eigenvalue weighted by atomic mass is 10.00. The number of carboxylic acids is 1. The van der Waals surface area contributed by atoms with E-state index in [1.54, 1.807) is 23.2 Å². The normalized spacial score (nSPS) is 18.6. The summed E-state index contributed by atoms with van der Waals surface area (Å²) in [5.41, 5.74) is 0.674. The zero-order valence-corrected chi connectivity index (χ0v) is 11.2. The summed E-state index contributed by atoms with van der Waals surface area (Å²) in [7, 11) is 0. The van der Waals surface area contributed by atoms with Gasteiger partial charge in [0.25, 0.3) is 0 Å². The lowest BCUT2D eigenvalue weighted by Gasteiger charge is -2.34. The van der Waals surface area contributed by atoms with Crippen molar-refractivity contribution in [2.24, 2.45) is 0 Å². The van der Waals surface area contributed by atoms with E-state index in [4.69, 9.17) is 5.11 Å². The van der Waals surface area contributed by atoms with Gasteiger partial charge in [-0.05, 0) is 31.4 Å². The van der Waals surface area contributed by atoms with Crippen molar-refractivity contribution in [2.45, 2.75) is 38.3 Å². The van der Waals surface area contributed by atoms with Crippen molar-refractivity contribution >= 4 is 12.0 Å². The number of aliphatic carboxylic acids is 1. The molecule has 1 unspecified atom stereocenters. The first-order valence-corrected chi connectivity index (χ1v) is 6.69. The number of carbonyl (C=O) groups is 2. The zero-order valence-electron chi connectivity index (χ0n) is 11.2. The van der Waals surface area contributed by atoms with E-state index in [-0.39, 0.29) is 18.5 Å². The number of rotatable bonds is 4. The van der Waals surface area contributed by atoms with E-state index in [1.807, 2.05) is 0 Å². The lowest BCUT2D eigenvalue weighted by Crippen LogP contribution is -2.49. The Hall–Kier alpha value is -2.18. The number of nitrogens with one attached hydrogen (secondary N) is 1. The molecule has 2 amide bonds. The number of nitrogens with zero attached hydrogens (tertiary/aromatic N) is 3. The highest BCUT2D eigenvalue weighted by Gasteiger charge is 2.28. The van der Waals surface area contributed by atoms with Gasteiger partial charge in [-0.3, -0.25) is 4.79 Å². The monoisotopic (exact) mass is 278 g/mol. The van der Waals surface area contributed by atoms with Crippen molar-refractivity contribution < 1.29 is 14.7 Å². The number of hydrogen-bond acceptors (Lipinski definition) is 4. The van der Waals surface area contributed by atoms with E-state index in [9.17, 15) is 9.59 Å². The van der Waals surface area contributed by atoms with Gasteiger partial charge in [0.2, 0.25) is 0 Å². The van der Waals surface area contributed by atoms with Gasteiger partial charge in [-0.25, -0.2) is 4.79 Å². The van der Waals surface area contributed by atoms with Crippen molar-refractivity contribution in [3.05, 3.63) is 24.0 Å². The topological polar surface area (TPSA) is 95.4 Å². The van der Waals surface area contributed by atoms with Crippen LogP contribution in [0.4, 0.5) is 4.79 Å². The molecule has 7 heteroatoms. The van der Waals surface area contributed by atoms with Crippen molar-refractivity contribution in [2.75, 3.05) is 6.54 Å². The molecule has 2 rings (SSSR count). The minimum atomic E-state index is -0.872.